The predicted molar refractivity (Wildman–Crippen MR) is 80.8 cm³/mol. The minimum atomic E-state index is 0.354. The summed E-state index contributed by atoms with van der Waals surface area (Å²) in [5.74, 6) is 1.82. The number of hydrogen-bond donors (Lipinski definition) is 0. The van der Waals surface area contributed by atoms with Crippen LogP contribution in [0.15, 0.2) is 22.7 Å². The van der Waals surface area contributed by atoms with Crippen LogP contribution in [0.2, 0.25) is 20.1 Å². The van der Waals surface area contributed by atoms with Crippen molar-refractivity contribution in [3.05, 3.63) is 42.8 Å². The zero-order valence-corrected chi connectivity index (χ0v) is 13.5. The van der Waals surface area contributed by atoms with E-state index in [-0.39, 0.29) is 0 Å². The van der Waals surface area contributed by atoms with Crippen molar-refractivity contribution >= 4 is 62.3 Å². The summed E-state index contributed by atoms with van der Waals surface area (Å²) >= 11 is 27.2. The highest BCUT2D eigenvalue weighted by molar-refractivity contribution is 9.10. The SMILES string of the molecule is Clc1cc2c(cc1Cl)Oc1c(cc(Cl)c(Cl)c1Br)O2. The second kappa shape index (κ2) is 4.90. The van der Waals surface area contributed by atoms with E-state index >= 15 is 0 Å². The van der Waals surface area contributed by atoms with Gasteiger partial charge in [0.05, 0.1) is 24.6 Å². The summed E-state index contributed by atoms with van der Waals surface area (Å²) in [6.45, 7) is 0. The Balaban J connectivity index is 2.17. The molecule has 1 aliphatic rings. The molecule has 0 amide bonds. The van der Waals surface area contributed by atoms with Crippen LogP contribution in [0, 0.1) is 0 Å². The summed E-state index contributed by atoms with van der Waals surface area (Å²) in [6.07, 6.45) is 0. The van der Waals surface area contributed by atoms with Crippen molar-refractivity contribution in [2.24, 2.45) is 0 Å². The van der Waals surface area contributed by atoms with E-state index in [9.17, 15) is 0 Å². The van der Waals surface area contributed by atoms with Crippen LogP contribution in [-0.4, -0.2) is 0 Å². The topological polar surface area (TPSA) is 18.5 Å². The van der Waals surface area contributed by atoms with Crippen molar-refractivity contribution < 1.29 is 9.47 Å². The maximum atomic E-state index is 6.04. The summed E-state index contributed by atoms with van der Waals surface area (Å²) in [6, 6.07) is 4.74. The molecule has 2 nitrogen and oxygen atoms in total. The molecule has 0 saturated heterocycles. The molecule has 0 bridgehead atoms. The average Bonchev–Trinajstić information content (AvgIpc) is 2.37. The lowest BCUT2D eigenvalue weighted by molar-refractivity contribution is 0.358. The Kier molecular flexibility index (Phi) is 3.52. The Labute approximate surface area is 137 Å². The second-order valence-corrected chi connectivity index (χ2v) is 6.12. The number of rotatable bonds is 0. The third-order valence-electron chi connectivity index (χ3n) is 2.50. The lowest BCUT2D eigenvalue weighted by atomic mass is 10.2. The number of fused-ring (bicyclic) bond motifs is 2. The standard InChI is InChI=1S/C12H3BrCl4O2/c13-10-11(17)6(16)3-9-12(10)19-8-2-5(15)4(14)1-7(8)18-9/h1-3H. The molecule has 98 valence electrons. The third kappa shape index (κ3) is 2.28. The Bertz CT molecular complexity index is 703. The first-order valence-electron chi connectivity index (χ1n) is 4.99. The molecule has 2 aromatic carbocycles. The van der Waals surface area contributed by atoms with Gasteiger partial charge in [-0.25, -0.2) is 0 Å². The van der Waals surface area contributed by atoms with Gasteiger partial charge in [-0.05, 0) is 15.9 Å². The van der Waals surface area contributed by atoms with E-state index in [4.69, 9.17) is 55.9 Å². The molecule has 0 N–H and O–H groups in total. The van der Waals surface area contributed by atoms with Crippen molar-refractivity contribution in [2.45, 2.75) is 0 Å². The molecule has 0 unspecified atom stereocenters. The Hall–Kier alpha value is -0.320. The fraction of sp³-hybridized carbons (Fsp3) is 0. The monoisotopic (exact) mass is 398 g/mol. The normalized spacial score (nSPS) is 12.3. The lowest BCUT2D eigenvalue weighted by Crippen LogP contribution is -2.00. The minimum Gasteiger partial charge on any atom is -0.449 e. The fourth-order valence-electron chi connectivity index (χ4n) is 1.63. The van der Waals surface area contributed by atoms with Gasteiger partial charge in [-0.15, -0.1) is 0 Å². The van der Waals surface area contributed by atoms with Gasteiger partial charge >= 0.3 is 0 Å². The molecule has 0 saturated carbocycles. The maximum Gasteiger partial charge on any atom is 0.185 e. The Morgan fingerprint density at radius 1 is 0.737 bits per heavy atom. The first kappa shape index (κ1) is 13.7. The number of hydrogen-bond acceptors (Lipinski definition) is 2. The molecule has 0 spiro atoms. The first-order valence-corrected chi connectivity index (χ1v) is 7.30. The van der Waals surface area contributed by atoms with Crippen LogP contribution in [0.1, 0.15) is 0 Å². The summed E-state index contributed by atoms with van der Waals surface area (Å²) in [5, 5.41) is 1.47. The number of halogens is 5. The average molecular weight is 401 g/mol. The summed E-state index contributed by atoms with van der Waals surface area (Å²) < 4.78 is 11.9. The third-order valence-corrected chi connectivity index (χ3v) is 5.00. The molecule has 0 aromatic heterocycles. The van der Waals surface area contributed by atoms with Crippen molar-refractivity contribution in [3.8, 4) is 23.0 Å². The molecular formula is C12H3BrCl4O2. The fourth-order valence-corrected chi connectivity index (χ4v) is 2.87. The molecule has 1 aliphatic heterocycles. The van der Waals surface area contributed by atoms with Crippen LogP contribution in [-0.2, 0) is 0 Å². The van der Waals surface area contributed by atoms with Gasteiger partial charge in [-0.2, -0.15) is 0 Å². The quantitative estimate of drug-likeness (QED) is 0.380. The van der Waals surface area contributed by atoms with Crippen LogP contribution in [0.4, 0.5) is 0 Å². The van der Waals surface area contributed by atoms with E-state index in [1.807, 2.05) is 0 Å². The smallest absolute Gasteiger partial charge is 0.185 e. The van der Waals surface area contributed by atoms with Crippen LogP contribution >= 0.6 is 62.3 Å². The van der Waals surface area contributed by atoms with Gasteiger partial charge in [0.25, 0.3) is 0 Å². The first-order chi connectivity index (χ1) is 8.97. The molecule has 2 aromatic rings. The molecule has 0 aliphatic carbocycles. The highest BCUT2D eigenvalue weighted by Crippen LogP contribution is 2.53. The zero-order chi connectivity index (χ0) is 13.7. The predicted octanol–water partition coefficient (Wildman–Crippen LogP) is 6.96. The molecule has 19 heavy (non-hydrogen) atoms. The zero-order valence-electron chi connectivity index (χ0n) is 8.94. The van der Waals surface area contributed by atoms with Gasteiger partial charge in [0.2, 0.25) is 0 Å². The van der Waals surface area contributed by atoms with E-state index < -0.39 is 0 Å². The van der Waals surface area contributed by atoms with E-state index in [0.29, 0.717) is 47.6 Å². The highest BCUT2D eigenvalue weighted by Gasteiger charge is 2.25. The van der Waals surface area contributed by atoms with Crippen molar-refractivity contribution in [3.63, 3.8) is 0 Å². The Morgan fingerprint density at radius 3 is 1.89 bits per heavy atom. The van der Waals surface area contributed by atoms with E-state index in [0.717, 1.165) is 0 Å². The van der Waals surface area contributed by atoms with Gasteiger partial charge in [0.15, 0.2) is 23.0 Å². The van der Waals surface area contributed by atoms with Crippen LogP contribution in [0.5, 0.6) is 23.0 Å². The highest BCUT2D eigenvalue weighted by atomic mass is 79.9. The van der Waals surface area contributed by atoms with Crippen molar-refractivity contribution in [2.75, 3.05) is 0 Å². The van der Waals surface area contributed by atoms with Gasteiger partial charge in [0.1, 0.15) is 0 Å². The van der Waals surface area contributed by atoms with E-state index in [1.54, 1.807) is 18.2 Å². The van der Waals surface area contributed by atoms with Gasteiger partial charge < -0.3 is 9.47 Å². The van der Waals surface area contributed by atoms with Gasteiger partial charge in [-0.3, -0.25) is 0 Å². The summed E-state index contributed by atoms with van der Waals surface area (Å²) in [5.41, 5.74) is 0. The van der Waals surface area contributed by atoms with Crippen LogP contribution in [0.3, 0.4) is 0 Å². The second-order valence-electron chi connectivity index (χ2n) is 3.73. The van der Waals surface area contributed by atoms with E-state index in [1.165, 1.54) is 0 Å². The molecule has 1 heterocycles. The maximum absolute atomic E-state index is 6.04. The van der Waals surface area contributed by atoms with Crippen molar-refractivity contribution in [1.82, 2.24) is 0 Å². The van der Waals surface area contributed by atoms with Crippen LogP contribution in [0.25, 0.3) is 0 Å². The summed E-state index contributed by atoms with van der Waals surface area (Å²) in [4.78, 5) is 0. The lowest BCUT2D eigenvalue weighted by Gasteiger charge is -2.22. The molecular weight excluding hydrogens is 398 g/mol. The largest absolute Gasteiger partial charge is 0.449 e. The van der Waals surface area contributed by atoms with Gasteiger partial charge in [-0.1, -0.05) is 46.4 Å². The minimum absolute atomic E-state index is 0.354. The molecule has 0 fully saturated rings. The van der Waals surface area contributed by atoms with E-state index in [2.05, 4.69) is 15.9 Å². The van der Waals surface area contributed by atoms with Gasteiger partial charge in [0, 0.05) is 18.2 Å². The number of ether oxygens (including phenoxy) is 2. The van der Waals surface area contributed by atoms with Crippen LogP contribution < -0.4 is 9.47 Å². The molecule has 7 heteroatoms. The van der Waals surface area contributed by atoms with Crippen molar-refractivity contribution in [1.29, 1.82) is 0 Å². The number of benzene rings is 2. The summed E-state index contributed by atoms with van der Waals surface area (Å²) in [7, 11) is 0. The molecule has 3 rings (SSSR count). The molecule has 0 atom stereocenters. The molecule has 0 radical (unpaired) electrons. The Morgan fingerprint density at radius 2 is 1.26 bits per heavy atom.